The number of carbonyl (C=O) groups excluding carboxylic acids is 1. The third-order valence-electron chi connectivity index (χ3n) is 4.78. The normalized spacial score (nSPS) is 17.6. The van der Waals surface area contributed by atoms with Crippen molar-refractivity contribution in [2.24, 2.45) is 0 Å². The predicted molar refractivity (Wildman–Crippen MR) is 100 cm³/mol. The number of rotatable bonds is 5. The van der Waals surface area contributed by atoms with Crippen molar-refractivity contribution >= 4 is 5.97 Å². The summed E-state index contributed by atoms with van der Waals surface area (Å²) in [4.78, 5) is 23.1. The molecule has 1 aromatic rings. The monoisotopic (exact) mass is 363 g/mol. The second-order valence-electron chi connectivity index (χ2n) is 6.71. The molecule has 1 aliphatic carbocycles. The number of benzene rings is 1. The zero-order chi connectivity index (χ0) is 18.6. The van der Waals surface area contributed by atoms with Crippen molar-refractivity contribution < 1.29 is 24.0 Å². The van der Waals surface area contributed by atoms with Gasteiger partial charge in [-0.05, 0) is 25.0 Å². The Hall–Kier alpha value is -1.75. The lowest BCUT2D eigenvalue weighted by molar-refractivity contribution is -0.237. The topological polar surface area (TPSA) is 54.0 Å². The molecule has 0 spiro atoms. The Morgan fingerprint density at radius 2 is 1.23 bits per heavy atom. The van der Waals surface area contributed by atoms with Crippen LogP contribution in [0, 0.1) is 6.10 Å². The minimum Gasteiger partial charge on any atom is -0.496 e. The molecule has 1 aliphatic rings. The molecule has 1 fully saturated rings. The molecule has 1 saturated carbocycles. The first kappa shape index (κ1) is 20.6. The lowest BCUT2D eigenvalue weighted by Gasteiger charge is -2.17. The van der Waals surface area contributed by atoms with E-state index >= 15 is 0 Å². The van der Waals surface area contributed by atoms with Gasteiger partial charge in [0.15, 0.2) is 0 Å². The minimum absolute atomic E-state index is 0.242. The summed E-state index contributed by atoms with van der Waals surface area (Å²) >= 11 is 0. The van der Waals surface area contributed by atoms with E-state index in [0.29, 0.717) is 11.5 Å². The van der Waals surface area contributed by atoms with Crippen LogP contribution >= 0.6 is 0 Å². The molecular weight excluding hydrogens is 332 g/mol. The number of methoxy groups -OCH3 is 2. The number of carbonyl (C=O) groups is 1. The molecule has 0 amide bonds. The maximum atomic E-state index is 12.5. The molecular formula is C21H31O5. The van der Waals surface area contributed by atoms with Gasteiger partial charge in [-0.3, -0.25) is 4.89 Å². The quantitative estimate of drug-likeness (QED) is 0.501. The van der Waals surface area contributed by atoms with Gasteiger partial charge >= 0.3 is 5.97 Å². The van der Waals surface area contributed by atoms with Crippen LogP contribution < -0.4 is 9.47 Å². The van der Waals surface area contributed by atoms with E-state index in [9.17, 15) is 4.79 Å². The summed E-state index contributed by atoms with van der Waals surface area (Å²) in [5, 5.41) is 0. The van der Waals surface area contributed by atoms with E-state index in [4.69, 9.17) is 19.2 Å². The van der Waals surface area contributed by atoms with E-state index in [0.717, 1.165) is 31.8 Å². The fourth-order valence-electron chi connectivity index (χ4n) is 3.28. The summed E-state index contributed by atoms with van der Waals surface area (Å²) < 4.78 is 10.5. The van der Waals surface area contributed by atoms with Crippen molar-refractivity contribution in [2.75, 3.05) is 14.2 Å². The molecule has 1 aromatic carbocycles. The Morgan fingerprint density at radius 1 is 0.769 bits per heavy atom. The van der Waals surface area contributed by atoms with E-state index in [-0.39, 0.29) is 5.56 Å². The molecule has 0 aliphatic heterocycles. The maximum absolute atomic E-state index is 12.5. The first-order chi connectivity index (χ1) is 12.8. The van der Waals surface area contributed by atoms with E-state index in [1.54, 1.807) is 18.2 Å². The molecule has 145 valence electrons. The molecule has 1 radical (unpaired) electrons. The standard InChI is InChI=1S/C21H31O5/c1-23-18-15-12-16-19(24-2)20(18)21(22)26-25-17-13-10-8-6-4-3-5-7-9-11-14-17/h12,15-16H,3-11,13-14H2,1-2H3. The van der Waals surface area contributed by atoms with Gasteiger partial charge in [0.05, 0.1) is 14.2 Å². The number of hydrogen-bond acceptors (Lipinski definition) is 5. The predicted octanol–water partition coefficient (Wildman–Crippen LogP) is 5.63. The molecule has 0 atom stereocenters. The van der Waals surface area contributed by atoms with Gasteiger partial charge in [-0.1, -0.05) is 63.9 Å². The summed E-state index contributed by atoms with van der Waals surface area (Å²) in [6.45, 7) is 0. The second-order valence-corrected chi connectivity index (χ2v) is 6.71. The maximum Gasteiger partial charge on any atom is 0.380 e. The summed E-state index contributed by atoms with van der Waals surface area (Å²) in [5.41, 5.74) is 0.242. The second kappa shape index (κ2) is 11.8. The number of ether oxygens (including phenoxy) is 2. The zero-order valence-corrected chi connectivity index (χ0v) is 16.1. The molecule has 5 heteroatoms. The van der Waals surface area contributed by atoms with Gasteiger partial charge in [0.1, 0.15) is 23.2 Å². The van der Waals surface area contributed by atoms with Crippen LogP contribution in [0.2, 0.25) is 0 Å². The Bertz CT molecular complexity index is 509. The molecule has 2 rings (SSSR count). The van der Waals surface area contributed by atoms with Gasteiger partial charge in [0.2, 0.25) is 0 Å². The zero-order valence-electron chi connectivity index (χ0n) is 16.1. The van der Waals surface area contributed by atoms with E-state index < -0.39 is 5.97 Å². The molecule has 26 heavy (non-hydrogen) atoms. The van der Waals surface area contributed by atoms with Gasteiger partial charge in [0.25, 0.3) is 0 Å². The highest BCUT2D eigenvalue weighted by atomic mass is 17.2. The van der Waals surface area contributed by atoms with Crippen molar-refractivity contribution in [3.63, 3.8) is 0 Å². The number of hydrogen-bond donors (Lipinski definition) is 0. The van der Waals surface area contributed by atoms with E-state index in [1.165, 1.54) is 59.2 Å². The lowest BCUT2D eigenvalue weighted by atomic mass is 9.99. The highest BCUT2D eigenvalue weighted by molar-refractivity contribution is 5.95. The highest BCUT2D eigenvalue weighted by Crippen LogP contribution is 2.30. The van der Waals surface area contributed by atoms with Crippen LogP contribution in [-0.4, -0.2) is 20.2 Å². The van der Waals surface area contributed by atoms with Crippen LogP contribution in [0.3, 0.4) is 0 Å². The van der Waals surface area contributed by atoms with Crippen LogP contribution in [0.25, 0.3) is 0 Å². The molecule has 0 saturated heterocycles. The van der Waals surface area contributed by atoms with E-state index in [2.05, 4.69) is 0 Å². The summed E-state index contributed by atoms with van der Waals surface area (Å²) in [5.74, 6) is 0.209. The van der Waals surface area contributed by atoms with Crippen LogP contribution in [0.1, 0.15) is 81.0 Å². The largest absolute Gasteiger partial charge is 0.496 e. The Balaban J connectivity index is 1.93. The smallest absolute Gasteiger partial charge is 0.380 e. The molecule has 0 N–H and O–H groups in total. The van der Waals surface area contributed by atoms with Crippen molar-refractivity contribution in [3.8, 4) is 11.5 Å². The van der Waals surface area contributed by atoms with Crippen molar-refractivity contribution in [2.45, 2.75) is 70.6 Å². The van der Waals surface area contributed by atoms with Gasteiger partial charge in [-0.2, -0.15) is 4.89 Å². The molecule has 0 aromatic heterocycles. The molecule has 0 bridgehead atoms. The summed E-state index contributed by atoms with van der Waals surface area (Å²) in [6, 6.07) is 5.15. The first-order valence-electron chi connectivity index (χ1n) is 9.70. The highest BCUT2D eigenvalue weighted by Gasteiger charge is 2.23. The fourth-order valence-corrected chi connectivity index (χ4v) is 3.28. The molecule has 5 nitrogen and oxygen atoms in total. The van der Waals surface area contributed by atoms with Crippen molar-refractivity contribution in [3.05, 3.63) is 29.9 Å². The Kier molecular flexibility index (Phi) is 9.32. The first-order valence-corrected chi connectivity index (χ1v) is 9.70. The Morgan fingerprint density at radius 3 is 1.69 bits per heavy atom. The van der Waals surface area contributed by atoms with Crippen LogP contribution in [0.4, 0.5) is 0 Å². The average Bonchev–Trinajstić information content (AvgIpc) is 2.66. The SMILES string of the molecule is COc1cccc(OC)c1C(=O)OO[C]1CCCCCCCCCCC1. The summed E-state index contributed by atoms with van der Waals surface area (Å²) in [6.07, 6.45) is 13.6. The van der Waals surface area contributed by atoms with Crippen LogP contribution in [0.5, 0.6) is 11.5 Å². The van der Waals surface area contributed by atoms with Crippen LogP contribution in [-0.2, 0) is 9.78 Å². The van der Waals surface area contributed by atoms with E-state index in [1.807, 2.05) is 0 Å². The lowest BCUT2D eigenvalue weighted by Crippen LogP contribution is -2.13. The van der Waals surface area contributed by atoms with Crippen LogP contribution in [0.15, 0.2) is 18.2 Å². The van der Waals surface area contributed by atoms with Gasteiger partial charge in [-0.25, -0.2) is 4.79 Å². The third kappa shape index (κ3) is 6.52. The third-order valence-corrected chi connectivity index (χ3v) is 4.78. The Labute approximate surface area is 156 Å². The van der Waals surface area contributed by atoms with Crippen molar-refractivity contribution in [1.29, 1.82) is 0 Å². The minimum atomic E-state index is -0.599. The average molecular weight is 363 g/mol. The van der Waals surface area contributed by atoms with Gasteiger partial charge in [-0.15, -0.1) is 0 Å². The molecule has 0 unspecified atom stereocenters. The molecule has 0 heterocycles. The van der Waals surface area contributed by atoms with Gasteiger partial charge in [0, 0.05) is 0 Å². The van der Waals surface area contributed by atoms with Crippen molar-refractivity contribution in [1.82, 2.24) is 0 Å². The fraction of sp³-hybridized carbons (Fsp3) is 0.619. The van der Waals surface area contributed by atoms with Gasteiger partial charge < -0.3 is 9.47 Å². The summed E-state index contributed by atoms with van der Waals surface area (Å²) in [7, 11) is 3.02.